The zero-order chi connectivity index (χ0) is 27.5. The zero-order valence-electron chi connectivity index (χ0n) is 23.1. The molecule has 0 bridgehead atoms. The van der Waals surface area contributed by atoms with Crippen LogP contribution in [0.5, 0.6) is 5.75 Å². The van der Waals surface area contributed by atoms with Crippen LogP contribution in [0.4, 0.5) is 10.6 Å². The van der Waals surface area contributed by atoms with Gasteiger partial charge in [0.25, 0.3) is 0 Å². The SMILES string of the molecule is CN(C(=O)NC(CCN(CCCCc1ccc2c(n1)NCCC2)CCOc1ccccc1)C(=O)O)C1CCC1. The number of amides is 2. The van der Waals surface area contributed by atoms with E-state index in [0.29, 0.717) is 26.1 Å². The number of carboxylic acid groups (broad SMARTS) is 1. The maximum absolute atomic E-state index is 12.6. The van der Waals surface area contributed by atoms with Crippen LogP contribution in [-0.2, 0) is 17.6 Å². The van der Waals surface area contributed by atoms with Crippen molar-refractivity contribution in [3.05, 3.63) is 53.7 Å². The van der Waals surface area contributed by atoms with Gasteiger partial charge in [0.2, 0.25) is 0 Å². The molecule has 2 amide bonds. The monoisotopic (exact) mass is 537 g/mol. The molecule has 2 aromatic rings. The standard InChI is InChI=1S/C30H43N5O4/c1-34(25-11-7-12-25)30(38)33-27(29(36)37)17-20-35(21-22-39-26-13-3-2-4-14-26)19-6-5-10-24-16-15-23-9-8-18-31-28(23)32-24/h2-4,13-16,25,27H,5-12,17-22H2,1H3,(H,31,32)(H,33,38)(H,36,37). The van der Waals surface area contributed by atoms with Gasteiger partial charge in [0, 0.05) is 38.4 Å². The summed E-state index contributed by atoms with van der Waals surface area (Å²) in [4.78, 5) is 33.3. The van der Waals surface area contributed by atoms with E-state index in [-0.39, 0.29) is 12.1 Å². The molecular weight excluding hydrogens is 494 g/mol. The molecule has 2 aliphatic rings. The van der Waals surface area contributed by atoms with Crippen molar-refractivity contribution < 1.29 is 19.4 Å². The Kier molecular flexibility index (Phi) is 10.8. The molecule has 4 rings (SSSR count). The summed E-state index contributed by atoms with van der Waals surface area (Å²) in [6.45, 7) is 3.56. The highest BCUT2D eigenvalue weighted by Crippen LogP contribution is 2.23. The molecule has 0 spiro atoms. The van der Waals surface area contributed by atoms with Gasteiger partial charge < -0.3 is 25.4 Å². The van der Waals surface area contributed by atoms with Gasteiger partial charge in [-0.25, -0.2) is 14.6 Å². The smallest absolute Gasteiger partial charge is 0.326 e. The fourth-order valence-corrected chi connectivity index (χ4v) is 5.05. The van der Waals surface area contributed by atoms with Crippen LogP contribution in [-0.4, -0.2) is 83.8 Å². The van der Waals surface area contributed by atoms with Gasteiger partial charge in [-0.3, -0.25) is 4.90 Å². The second-order valence-corrected chi connectivity index (χ2v) is 10.6. The number of unbranched alkanes of at least 4 members (excludes halogenated alkanes) is 1. The second kappa shape index (κ2) is 14.7. The Morgan fingerprint density at radius 2 is 1.92 bits per heavy atom. The molecule has 9 heteroatoms. The third-order valence-corrected chi connectivity index (χ3v) is 7.80. The molecule has 3 N–H and O–H groups in total. The third kappa shape index (κ3) is 8.85. The minimum absolute atomic E-state index is 0.214. The van der Waals surface area contributed by atoms with Gasteiger partial charge in [0.05, 0.1) is 0 Å². The third-order valence-electron chi connectivity index (χ3n) is 7.80. The van der Waals surface area contributed by atoms with Crippen molar-refractivity contribution in [2.45, 2.75) is 69.9 Å². The lowest BCUT2D eigenvalue weighted by atomic mass is 9.92. The number of pyridine rings is 1. The lowest BCUT2D eigenvalue weighted by molar-refractivity contribution is -0.139. The summed E-state index contributed by atoms with van der Waals surface area (Å²) in [7, 11) is 1.75. The lowest BCUT2D eigenvalue weighted by Crippen LogP contribution is -2.52. The van der Waals surface area contributed by atoms with Crippen molar-refractivity contribution in [2.24, 2.45) is 0 Å². The number of urea groups is 1. The predicted octanol–water partition coefficient (Wildman–Crippen LogP) is 4.18. The van der Waals surface area contributed by atoms with E-state index in [1.165, 1.54) is 5.56 Å². The van der Waals surface area contributed by atoms with Gasteiger partial charge in [-0.15, -0.1) is 0 Å². The van der Waals surface area contributed by atoms with Crippen molar-refractivity contribution in [1.82, 2.24) is 20.1 Å². The molecule has 9 nitrogen and oxygen atoms in total. The van der Waals surface area contributed by atoms with E-state index in [9.17, 15) is 14.7 Å². The number of nitrogens with one attached hydrogen (secondary N) is 2. The quantitative estimate of drug-likeness (QED) is 0.293. The van der Waals surface area contributed by atoms with Crippen molar-refractivity contribution >= 4 is 17.8 Å². The zero-order valence-corrected chi connectivity index (χ0v) is 23.1. The molecule has 1 aliphatic heterocycles. The average molecular weight is 538 g/mol. The molecule has 1 atom stereocenters. The van der Waals surface area contributed by atoms with E-state index < -0.39 is 12.0 Å². The van der Waals surface area contributed by atoms with Crippen LogP contribution in [0.2, 0.25) is 0 Å². The summed E-state index contributed by atoms with van der Waals surface area (Å²) in [6, 6.07) is 13.0. The number of aliphatic carboxylic acids is 1. The molecule has 0 radical (unpaired) electrons. The van der Waals surface area contributed by atoms with Crippen molar-refractivity contribution in [3.8, 4) is 5.75 Å². The summed E-state index contributed by atoms with van der Waals surface area (Å²) >= 11 is 0. The number of rotatable bonds is 15. The number of carbonyl (C=O) groups excluding carboxylic acids is 1. The van der Waals surface area contributed by atoms with Crippen LogP contribution in [0, 0.1) is 0 Å². The first kappa shape index (κ1) is 28.7. The Hall–Kier alpha value is -3.33. The number of carbonyl (C=O) groups is 2. The lowest BCUT2D eigenvalue weighted by Gasteiger charge is -2.35. The average Bonchev–Trinajstić information content (AvgIpc) is 2.92. The van der Waals surface area contributed by atoms with Crippen molar-refractivity contribution in [3.63, 3.8) is 0 Å². The molecule has 1 fully saturated rings. The van der Waals surface area contributed by atoms with E-state index in [0.717, 1.165) is 81.7 Å². The molecule has 212 valence electrons. The predicted molar refractivity (Wildman–Crippen MR) is 152 cm³/mol. The van der Waals surface area contributed by atoms with Gasteiger partial charge in [0.15, 0.2) is 0 Å². The molecule has 1 saturated carbocycles. The van der Waals surface area contributed by atoms with Crippen LogP contribution in [0.15, 0.2) is 42.5 Å². The van der Waals surface area contributed by atoms with Crippen LogP contribution in [0.25, 0.3) is 0 Å². The van der Waals surface area contributed by atoms with Gasteiger partial charge in [-0.1, -0.05) is 24.3 Å². The minimum Gasteiger partial charge on any atom is -0.492 e. The van der Waals surface area contributed by atoms with Gasteiger partial charge in [-0.05, 0) is 88.1 Å². The first-order chi connectivity index (χ1) is 19.0. The Balaban J connectivity index is 1.27. The minimum atomic E-state index is -1.00. The Morgan fingerprint density at radius 1 is 1.10 bits per heavy atom. The first-order valence-corrected chi connectivity index (χ1v) is 14.4. The number of ether oxygens (including phenoxy) is 1. The number of aryl methyl sites for hydroxylation is 2. The summed E-state index contributed by atoms with van der Waals surface area (Å²) in [6.07, 6.45) is 8.52. The topological polar surface area (TPSA) is 107 Å². The molecule has 39 heavy (non-hydrogen) atoms. The number of para-hydroxylation sites is 1. The normalized spacial score (nSPS) is 15.5. The summed E-state index contributed by atoms with van der Waals surface area (Å²) in [5, 5.41) is 15.9. The molecule has 1 aromatic heterocycles. The highest BCUT2D eigenvalue weighted by atomic mass is 16.5. The fourth-order valence-electron chi connectivity index (χ4n) is 5.05. The number of benzene rings is 1. The molecule has 1 aliphatic carbocycles. The summed E-state index contributed by atoms with van der Waals surface area (Å²) < 4.78 is 5.91. The second-order valence-electron chi connectivity index (χ2n) is 10.6. The number of hydrogen-bond acceptors (Lipinski definition) is 6. The van der Waals surface area contributed by atoms with Crippen molar-refractivity contribution in [2.75, 3.05) is 45.2 Å². The Bertz CT molecular complexity index is 1060. The molecule has 1 unspecified atom stereocenters. The largest absolute Gasteiger partial charge is 0.492 e. The molecule has 2 heterocycles. The number of nitrogens with zero attached hydrogens (tertiary/aromatic N) is 3. The van der Waals surface area contributed by atoms with Gasteiger partial charge in [-0.2, -0.15) is 0 Å². The van der Waals surface area contributed by atoms with E-state index in [4.69, 9.17) is 9.72 Å². The van der Waals surface area contributed by atoms with Gasteiger partial charge in [0.1, 0.15) is 24.2 Å². The maximum atomic E-state index is 12.6. The van der Waals surface area contributed by atoms with Crippen LogP contribution in [0.3, 0.4) is 0 Å². The Labute approximate surface area is 231 Å². The van der Waals surface area contributed by atoms with Crippen LogP contribution < -0.4 is 15.4 Å². The van der Waals surface area contributed by atoms with E-state index in [1.54, 1.807) is 11.9 Å². The summed E-state index contributed by atoms with van der Waals surface area (Å²) in [5.74, 6) is 0.848. The van der Waals surface area contributed by atoms with Gasteiger partial charge >= 0.3 is 12.0 Å². The van der Waals surface area contributed by atoms with E-state index in [2.05, 4.69) is 27.7 Å². The number of anilines is 1. The van der Waals surface area contributed by atoms with E-state index in [1.807, 2.05) is 30.3 Å². The highest BCUT2D eigenvalue weighted by Gasteiger charge is 2.28. The van der Waals surface area contributed by atoms with Crippen LogP contribution in [0.1, 0.15) is 56.2 Å². The summed E-state index contributed by atoms with van der Waals surface area (Å²) in [5.41, 5.74) is 2.40. The number of fused-ring (bicyclic) bond motifs is 1. The first-order valence-electron chi connectivity index (χ1n) is 14.4. The number of hydrogen-bond donors (Lipinski definition) is 3. The fraction of sp³-hybridized carbons (Fsp3) is 0.567. The van der Waals surface area contributed by atoms with Crippen molar-refractivity contribution in [1.29, 1.82) is 0 Å². The Morgan fingerprint density at radius 3 is 2.67 bits per heavy atom. The van der Waals surface area contributed by atoms with E-state index >= 15 is 0 Å². The number of carboxylic acids is 1. The molecule has 1 aromatic carbocycles. The number of aromatic nitrogens is 1. The van der Waals surface area contributed by atoms with Crippen LogP contribution >= 0.6 is 0 Å². The highest BCUT2D eigenvalue weighted by molar-refractivity contribution is 5.82. The molecule has 0 saturated heterocycles. The molecular formula is C30H43N5O4. The maximum Gasteiger partial charge on any atom is 0.326 e.